The summed E-state index contributed by atoms with van der Waals surface area (Å²) >= 11 is 0. The average Bonchev–Trinajstić information content (AvgIpc) is 2.40. The van der Waals surface area contributed by atoms with E-state index in [4.69, 9.17) is 0 Å². The molecule has 0 spiro atoms. The quantitative estimate of drug-likeness (QED) is 0.808. The number of nitrogens with zero attached hydrogens (tertiary/aromatic N) is 1. The maximum absolute atomic E-state index is 10.2. The second-order valence-electron chi connectivity index (χ2n) is 5.05. The van der Waals surface area contributed by atoms with Crippen LogP contribution in [0.25, 0.3) is 0 Å². The monoisotopic (exact) mass is 253 g/mol. The first-order valence-electron chi connectivity index (χ1n) is 6.57. The van der Waals surface area contributed by atoms with E-state index in [-0.39, 0.29) is 0 Å². The van der Waals surface area contributed by atoms with Crippen LogP contribution in [0.15, 0.2) is 53.5 Å². The molecule has 0 aliphatic rings. The molecule has 0 heterocycles. The van der Waals surface area contributed by atoms with E-state index in [9.17, 15) is 5.11 Å². The molecular weight excluding hydrogens is 234 g/mol. The number of benzene rings is 2. The van der Waals surface area contributed by atoms with Gasteiger partial charge in [0.1, 0.15) is 5.75 Å². The van der Waals surface area contributed by atoms with Gasteiger partial charge in [-0.2, -0.15) is 0 Å². The van der Waals surface area contributed by atoms with Crippen molar-refractivity contribution in [3.05, 3.63) is 59.7 Å². The molecule has 0 aliphatic carbocycles. The summed E-state index contributed by atoms with van der Waals surface area (Å²) in [6.45, 7) is 4.29. The Balaban J connectivity index is 2.23. The van der Waals surface area contributed by atoms with Crippen LogP contribution in [0.4, 0.5) is 5.69 Å². The van der Waals surface area contributed by atoms with Crippen LogP contribution in [-0.2, 0) is 6.42 Å². The molecular formula is C17H19NO. The first-order valence-corrected chi connectivity index (χ1v) is 6.57. The van der Waals surface area contributed by atoms with Gasteiger partial charge in [-0.05, 0) is 36.1 Å². The summed E-state index contributed by atoms with van der Waals surface area (Å²) in [6.07, 6.45) is 2.59. The van der Waals surface area contributed by atoms with Crippen molar-refractivity contribution in [3.63, 3.8) is 0 Å². The third-order valence-corrected chi connectivity index (χ3v) is 2.89. The first kappa shape index (κ1) is 13.3. The Morgan fingerprint density at radius 2 is 1.79 bits per heavy atom. The van der Waals surface area contributed by atoms with Crippen molar-refractivity contribution in [1.82, 2.24) is 0 Å². The molecule has 0 bridgehead atoms. The minimum absolute atomic E-state index is 0.343. The van der Waals surface area contributed by atoms with E-state index in [2.05, 4.69) is 18.8 Å². The lowest BCUT2D eigenvalue weighted by Crippen LogP contribution is -1.96. The lowest BCUT2D eigenvalue weighted by atomic mass is 10.00. The van der Waals surface area contributed by atoms with Crippen LogP contribution in [0.3, 0.4) is 0 Å². The molecule has 0 unspecified atom stereocenters. The van der Waals surface area contributed by atoms with Crippen LogP contribution in [0, 0.1) is 5.92 Å². The van der Waals surface area contributed by atoms with Gasteiger partial charge in [0.25, 0.3) is 0 Å². The van der Waals surface area contributed by atoms with Crippen molar-refractivity contribution < 1.29 is 5.11 Å². The van der Waals surface area contributed by atoms with Crippen molar-refractivity contribution in [2.24, 2.45) is 10.9 Å². The van der Waals surface area contributed by atoms with E-state index in [1.807, 2.05) is 48.5 Å². The molecule has 1 N–H and O–H groups in total. The molecule has 0 saturated heterocycles. The highest BCUT2D eigenvalue weighted by molar-refractivity contribution is 5.85. The fourth-order valence-electron chi connectivity index (χ4n) is 1.98. The molecule has 2 aromatic rings. The second-order valence-corrected chi connectivity index (χ2v) is 5.05. The Morgan fingerprint density at radius 3 is 2.47 bits per heavy atom. The van der Waals surface area contributed by atoms with E-state index in [0.717, 1.165) is 23.2 Å². The third-order valence-electron chi connectivity index (χ3n) is 2.89. The number of para-hydroxylation sites is 2. The zero-order valence-electron chi connectivity index (χ0n) is 11.4. The van der Waals surface area contributed by atoms with E-state index < -0.39 is 0 Å². The van der Waals surface area contributed by atoms with Crippen LogP contribution in [0.1, 0.15) is 25.0 Å². The van der Waals surface area contributed by atoms with Crippen molar-refractivity contribution >= 4 is 11.9 Å². The van der Waals surface area contributed by atoms with Gasteiger partial charge in [0.2, 0.25) is 0 Å². The summed E-state index contributed by atoms with van der Waals surface area (Å²) in [7, 11) is 0. The molecule has 2 rings (SSSR count). The van der Waals surface area contributed by atoms with Gasteiger partial charge >= 0.3 is 0 Å². The van der Waals surface area contributed by atoms with Gasteiger partial charge in [-0.25, -0.2) is 0 Å². The van der Waals surface area contributed by atoms with Crippen LogP contribution >= 0.6 is 0 Å². The Kier molecular flexibility index (Phi) is 4.35. The number of hydrogen-bond acceptors (Lipinski definition) is 2. The Bertz CT molecular complexity index is 559. The van der Waals surface area contributed by atoms with Crippen molar-refractivity contribution in [3.8, 4) is 5.75 Å². The minimum Gasteiger partial charge on any atom is -0.507 e. The first-order chi connectivity index (χ1) is 9.16. The predicted octanol–water partition coefficient (Wildman–Crippen LogP) is 4.34. The number of phenolic OH excluding ortho intramolecular Hbond substituents is 1. The van der Waals surface area contributed by atoms with Crippen LogP contribution in [0.5, 0.6) is 5.75 Å². The summed E-state index contributed by atoms with van der Waals surface area (Å²) in [5, 5.41) is 10.2. The molecule has 19 heavy (non-hydrogen) atoms. The maximum atomic E-state index is 10.2. The molecule has 2 heteroatoms. The average molecular weight is 253 g/mol. The van der Waals surface area contributed by atoms with Crippen molar-refractivity contribution in [2.75, 3.05) is 0 Å². The molecule has 2 aromatic carbocycles. The van der Waals surface area contributed by atoms with Crippen LogP contribution in [-0.4, -0.2) is 11.3 Å². The van der Waals surface area contributed by atoms with Gasteiger partial charge in [0.15, 0.2) is 0 Å². The standard InChI is InChI=1S/C17H19NO/c1-13(2)11-14-7-6-8-15(17(14)19)12-18-16-9-4-3-5-10-16/h3-10,12-13,19H,11H2,1-2H3. The van der Waals surface area contributed by atoms with Crippen LogP contribution < -0.4 is 0 Å². The van der Waals surface area contributed by atoms with Crippen LogP contribution in [0.2, 0.25) is 0 Å². The van der Waals surface area contributed by atoms with E-state index in [1.54, 1.807) is 6.21 Å². The fraction of sp³-hybridized carbons (Fsp3) is 0.235. The number of aliphatic imine (C=N–C) groups is 1. The molecule has 0 aliphatic heterocycles. The zero-order valence-corrected chi connectivity index (χ0v) is 11.4. The topological polar surface area (TPSA) is 32.6 Å². The van der Waals surface area contributed by atoms with Gasteiger partial charge in [0.05, 0.1) is 5.69 Å². The zero-order chi connectivity index (χ0) is 13.7. The maximum Gasteiger partial charge on any atom is 0.127 e. The Hall–Kier alpha value is -2.09. The smallest absolute Gasteiger partial charge is 0.127 e. The van der Waals surface area contributed by atoms with Gasteiger partial charge in [-0.15, -0.1) is 0 Å². The summed E-state index contributed by atoms with van der Waals surface area (Å²) < 4.78 is 0. The van der Waals surface area contributed by atoms with E-state index in [1.165, 1.54) is 0 Å². The molecule has 0 fully saturated rings. The highest BCUT2D eigenvalue weighted by Gasteiger charge is 2.06. The molecule has 2 nitrogen and oxygen atoms in total. The molecule has 0 radical (unpaired) electrons. The number of hydrogen-bond donors (Lipinski definition) is 1. The summed E-state index contributed by atoms with van der Waals surface area (Å²) in [5.41, 5.74) is 2.63. The highest BCUT2D eigenvalue weighted by Crippen LogP contribution is 2.24. The minimum atomic E-state index is 0.343. The summed E-state index contributed by atoms with van der Waals surface area (Å²) in [6, 6.07) is 15.5. The largest absolute Gasteiger partial charge is 0.507 e. The van der Waals surface area contributed by atoms with Gasteiger partial charge in [-0.3, -0.25) is 4.99 Å². The van der Waals surface area contributed by atoms with Gasteiger partial charge < -0.3 is 5.11 Å². The SMILES string of the molecule is CC(C)Cc1cccc(C=Nc2ccccc2)c1O. The number of aromatic hydroxyl groups is 1. The fourth-order valence-corrected chi connectivity index (χ4v) is 1.98. The number of phenols is 1. The Morgan fingerprint density at radius 1 is 1.05 bits per heavy atom. The molecule has 0 atom stereocenters. The van der Waals surface area contributed by atoms with E-state index >= 15 is 0 Å². The lowest BCUT2D eigenvalue weighted by molar-refractivity contribution is 0.461. The predicted molar refractivity (Wildman–Crippen MR) is 80.3 cm³/mol. The lowest BCUT2D eigenvalue weighted by Gasteiger charge is -2.09. The molecule has 0 amide bonds. The van der Waals surface area contributed by atoms with Crippen molar-refractivity contribution in [1.29, 1.82) is 0 Å². The summed E-state index contributed by atoms with van der Waals surface area (Å²) in [5.74, 6) is 0.864. The molecule has 0 saturated carbocycles. The highest BCUT2D eigenvalue weighted by atomic mass is 16.3. The normalized spacial score (nSPS) is 11.3. The van der Waals surface area contributed by atoms with Crippen molar-refractivity contribution in [2.45, 2.75) is 20.3 Å². The Labute approximate surface area is 114 Å². The third kappa shape index (κ3) is 3.68. The van der Waals surface area contributed by atoms with Gasteiger partial charge in [0, 0.05) is 11.8 Å². The molecule has 0 aromatic heterocycles. The van der Waals surface area contributed by atoms with Gasteiger partial charge in [-0.1, -0.05) is 44.2 Å². The number of rotatable bonds is 4. The second kappa shape index (κ2) is 6.19. The summed E-state index contributed by atoms with van der Waals surface area (Å²) in [4.78, 5) is 4.37. The van der Waals surface area contributed by atoms with E-state index in [0.29, 0.717) is 11.7 Å². The molecule has 98 valence electrons.